The van der Waals surface area contributed by atoms with E-state index in [9.17, 15) is 14.2 Å². The summed E-state index contributed by atoms with van der Waals surface area (Å²) in [6, 6.07) is -1.58. The Morgan fingerprint density at radius 2 is 1.56 bits per heavy atom. The van der Waals surface area contributed by atoms with E-state index in [0.29, 0.717) is 24.3 Å². The van der Waals surface area contributed by atoms with Crippen LogP contribution in [0.15, 0.2) is 0 Å². The van der Waals surface area contributed by atoms with Crippen LogP contribution in [0.25, 0.3) is 0 Å². The van der Waals surface area contributed by atoms with Crippen molar-refractivity contribution in [2.24, 2.45) is 11.5 Å². The van der Waals surface area contributed by atoms with E-state index >= 15 is 0 Å². The minimum atomic E-state index is -3.33. The predicted octanol–water partition coefficient (Wildman–Crippen LogP) is 1.23. The van der Waals surface area contributed by atoms with E-state index in [-0.39, 0.29) is 19.5 Å². The summed E-state index contributed by atoms with van der Waals surface area (Å²) >= 11 is 0. The smallest absolute Gasteiger partial charge is 0.349 e. The standard InChI is InChI=1S/C13H28N3O6PS2/c1-3-21-23(20,22-4-2)9-16-12(17)10(14)5-7-24-25-8-6-11(15)13(18)19/h10-11H,3-9,14-15H2,1-2H3,(H,16,17)(H,18,19)/t10-,11-/m0/s1. The number of rotatable bonds is 15. The fourth-order valence-corrected chi connectivity index (χ4v) is 5.16. The second-order valence-corrected chi connectivity index (χ2v) is 9.67. The van der Waals surface area contributed by atoms with E-state index in [1.807, 2.05) is 0 Å². The SMILES string of the molecule is CCOP(=O)(CNC(=O)[C@@H](N)CCSSCC[C@H](N)C(=O)O)OCC. The number of nitrogens with two attached hydrogens (primary N) is 2. The Kier molecular flexibility index (Phi) is 13.7. The maximum atomic E-state index is 12.2. The quantitative estimate of drug-likeness (QED) is 0.174. The molecule has 0 aromatic carbocycles. The molecule has 0 radical (unpaired) electrons. The summed E-state index contributed by atoms with van der Waals surface area (Å²) in [5.41, 5.74) is 11.2. The first kappa shape index (κ1) is 24.7. The highest BCUT2D eigenvalue weighted by atomic mass is 33.1. The van der Waals surface area contributed by atoms with Crippen molar-refractivity contribution >= 4 is 41.1 Å². The van der Waals surface area contributed by atoms with Crippen LogP contribution in [0.3, 0.4) is 0 Å². The van der Waals surface area contributed by atoms with Crippen molar-refractivity contribution in [3.8, 4) is 0 Å². The van der Waals surface area contributed by atoms with Crippen molar-refractivity contribution in [1.29, 1.82) is 0 Å². The van der Waals surface area contributed by atoms with Crippen LogP contribution < -0.4 is 16.8 Å². The van der Waals surface area contributed by atoms with Crippen LogP contribution in [0.2, 0.25) is 0 Å². The molecular formula is C13H28N3O6PS2. The lowest BCUT2D eigenvalue weighted by atomic mass is 10.2. The first-order chi connectivity index (χ1) is 11.8. The van der Waals surface area contributed by atoms with Gasteiger partial charge in [0.1, 0.15) is 12.3 Å². The summed E-state index contributed by atoms with van der Waals surface area (Å²) in [7, 11) is -0.346. The Hall–Kier alpha value is -0.290. The molecule has 0 aliphatic rings. The van der Waals surface area contributed by atoms with Crippen molar-refractivity contribution in [3.63, 3.8) is 0 Å². The summed E-state index contributed by atoms with van der Waals surface area (Å²) in [6.45, 7) is 3.83. The molecule has 0 saturated carbocycles. The number of nitrogens with one attached hydrogen (secondary N) is 1. The van der Waals surface area contributed by atoms with Gasteiger partial charge < -0.3 is 30.9 Å². The molecule has 0 unspecified atom stereocenters. The first-order valence-corrected chi connectivity index (χ1v) is 12.1. The third kappa shape index (κ3) is 11.8. The number of aliphatic carboxylic acids is 1. The second kappa shape index (κ2) is 13.9. The molecule has 0 aromatic rings. The lowest BCUT2D eigenvalue weighted by Gasteiger charge is -2.18. The highest BCUT2D eigenvalue weighted by Crippen LogP contribution is 2.46. The summed E-state index contributed by atoms with van der Waals surface area (Å²) in [5.74, 6) is -0.208. The fraction of sp³-hybridized carbons (Fsp3) is 0.846. The van der Waals surface area contributed by atoms with Gasteiger partial charge in [-0.15, -0.1) is 0 Å². The van der Waals surface area contributed by atoms with Crippen LogP contribution in [0, 0.1) is 0 Å². The van der Waals surface area contributed by atoms with Gasteiger partial charge in [0.2, 0.25) is 5.91 Å². The first-order valence-electron chi connectivity index (χ1n) is 7.90. The normalized spacial score (nSPS) is 14.1. The maximum absolute atomic E-state index is 12.2. The Morgan fingerprint density at radius 1 is 1.08 bits per heavy atom. The van der Waals surface area contributed by atoms with Gasteiger partial charge in [0.15, 0.2) is 0 Å². The fourth-order valence-electron chi connectivity index (χ4n) is 1.55. The molecule has 0 aliphatic heterocycles. The van der Waals surface area contributed by atoms with Crippen LogP contribution in [0.5, 0.6) is 0 Å². The van der Waals surface area contributed by atoms with Gasteiger partial charge in [-0.05, 0) is 26.7 Å². The third-order valence-corrected chi connectivity index (χ3v) is 7.18. The van der Waals surface area contributed by atoms with Gasteiger partial charge in [-0.1, -0.05) is 21.6 Å². The highest BCUT2D eigenvalue weighted by Gasteiger charge is 2.25. The number of amides is 1. The zero-order chi connectivity index (χ0) is 19.3. The average Bonchev–Trinajstić information content (AvgIpc) is 2.55. The molecule has 0 spiro atoms. The van der Waals surface area contributed by atoms with Crippen molar-refractivity contribution < 1.29 is 28.3 Å². The van der Waals surface area contributed by atoms with Gasteiger partial charge in [-0.3, -0.25) is 14.2 Å². The van der Waals surface area contributed by atoms with Gasteiger partial charge in [0, 0.05) is 11.5 Å². The van der Waals surface area contributed by atoms with Gasteiger partial charge in [0.05, 0.1) is 19.3 Å². The van der Waals surface area contributed by atoms with E-state index in [1.54, 1.807) is 13.8 Å². The molecule has 6 N–H and O–H groups in total. The topological polar surface area (TPSA) is 154 Å². The van der Waals surface area contributed by atoms with Crippen molar-refractivity contribution in [1.82, 2.24) is 5.32 Å². The van der Waals surface area contributed by atoms with Gasteiger partial charge in [-0.2, -0.15) is 0 Å². The molecule has 0 rings (SSSR count). The summed E-state index contributed by atoms with van der Waals surface area (Å²) in [5, 5.41) is 11.2. The lowest BCUT2D eigenvalue weighted by Crippen LogP contribution is -2.41. The molecular weight excluding hydrogens is 389 g/mol. The number of carboxylic acid groups (broad SMARTS) is 1. The molecule has 0 aromatic heterocycles. The zero-order valence-corrected chi connectivity index (χ0v) is 17.0. The van der Waals surface area contributed by atoms with Crippen LogP contribution in [0.1, 0.15) is 26.7 Å². The number of hydrogen-bond acceptors (Lipinski definition) is 9. The molecule has 0 fully saturated rings. The Balaban J connectivity index is 3.95. The average molecular weight is 417 g/mol. The van der Waals surface area contributed by atoms with Crippen molar-refractivity contribution in [2.45, 2.75) is 38.8 Å². The van der Waals surface area contributed by atoms with E-state index in [0.717, 1.165) is 0 Å². The van der Waals surface area contributed by atoms with E-state index in [4.69, 9.17) is 25.6 Å². The number of hydrogen-bond donors (Lipinski definition) is 4. The molecule has 0 aliphatic carbocycles. The van der Waals surface area contributed by atoms with Crippen LogP contribution in [-0.2, 0) is 23.2 Å². The molecule has 9 nitrogen and oxygen atoms in total. The van der Waals surface area contributed by atoms with E-state index in [2.05, 4.69) is 5.32 Å². The van der Waals surface area contributed by atoms with Crippen molar-refractivity contribution in [2.75, 3.05) is 31.0 Å². The maximum Gasteiger partial charge on any atom is 0.349 e. The number of carboxylic acids is 1. The monoisotopic (exact) mass is 417 g/mol. The molecule has 12 heteroatoms. The number of carbonyl (C=O) groups excluding carboxylic acids is 1. The number of carbonyl (C=O) groups is 2. The third-order valence-electron chi connectivity index (χ3n) is 2.86. The van der Waals surface area contributed by atoms with Gasteiger partial charge in [-0.25, -0.2) is 0 Å². The van der Waals surface area contributed by atoms with Crippen molar-refractivity contribution in [3.05, 3.63) is 0 Å². The summed E-state index contributed by atoms with van der Waals surface area (Å²) in [6.07, 6.45) is 0.599. The molecule has 2 atom stereocenters. The van der Waals surface area contributed by atoms with Crippen LogP contribution in [-0.4, -0.2) is 60.1 Å². The second-order valence-electron chi connectivity index (χ2n) is 4.92. The molecule has 0 heterocycles. The molecule has 148 valence electrons. The molecule has 0 bridgehead atoms. The largest absolute Gasteiger partial charge is 0.480 e. The highest BCUT2D eigenvalue weighted by molar-refractivity contribution is 8.76. The predicted molar refractivity (Wildman–Crippen MR) is 102 cm³/mol. The minimum Gasteiger partial charge on any atom is -0.480 e. The molecule has 25 heavy (non-hydrogen) atoms. The van der Waals surface area contributed by atoms with Crippen LogP contribution in [0.4, 0.5) is 0 Å². The van der Waals surface area contributed by atoms with Crippen LogP contribution >= 0.6 is 29.2 Å². The summed E-state index contributed by atoms with van der Waals surface area (Å²) < 4.78 is 22.4. The molecule has 0 saturated heterocycles. The van der Waals surface area contributed by atoms with Gasteiger partial charge in [0.25, 0.3) is 0 Å². The Labute approximate surface area is 156 Å². The molecule has 1 amide bonds. The van der Waals surface area contributed by atoms with Gasteiger partial charge >= 0.3 is 13.6 Å². The Morgan fingerprint density at radius 3 is 2.00 bits per heavy atom. The Bertz CT molecular complexity index is 447. The summed E-state index contributed by atoms with van der Waals surface area (Å²) in [4.78, 5) is 22.5. The minimum absolute atomic E-state index is 0.212. The van der Waals surface area contributed by atoms with E-state index < -0.39 is 31.6 Å². The zero-order valence-electron chi connectivity index (χ0n) is 14.5. The van der Waals surface area contributed by atoms with E-state index in [1.165, 1.54) is 21.6 Å². The lowest BCUT2D eigenvalue weighted by molar-refractivity contribution is -0.138.